The van der Waals surface area contributed by atoms with Crippen LogP contribution in [0, 0.1) is 0 Å². The van der Waals surface area contributed by atoms with Gasteiger partial charge in [0.1, 0.15) is 0 Å². The van der Waals surface area contributed by atoms with Crippen LogP contribution < -0.4 is 10.6 Å². The molecule has 0 aliphatic heterocycles. The Labute approximate surface area is 131 Å². The topological polar surface area (TPSA) is 78.4 Å². The summed E-state index contributed by atoms with van der Waals surface area (Å²) in [6, 6.07) is 6.71. The molecule has 0 heterocycles. The Morgan fingerprint density at radius 2 is 1.68 bits per heavy atom. The van der Waals surface area contributed by atoms with E-state index < -0.39 is 5.60 Å². The molecule has 0 bridgehead atoms. The fourth-order valence-corrected chi connectivity index (χ4v) is 2.82. The number of carbonyl (C=O) groups is 2. The van der Waals surface area contributed by atoms with E-state index in [4.69, 9.17) is 0 Å². The highest BCUT2D eigenvalue weighted by atomic mass is 16.3. The first kappa shape index (κ1) is 16.5. The van der Waals surface area contributed by atoms with Gasteiger partial charge < -0.3 is 15.7 Å². The number of nitrogens with one attached hydrogen (secondary N) is 2. The number of carbonyl (C=O) groups excluding carboxylic acids is 2. The van der Waals surface area contributed by atoms with Gasteiger partial charge in [0, 0.05) is 24.7 Å². The highest BCUT2D eigenvalue weighted by Gasteiger charge is 2.28. The summed E-state index contributed by atoms with van der Waals surface area (Å²) in [5.41, 5.74) is 0.403. The van der Waals surface area contributed by atoms with E-state index >= 15 is 0 Å². The van der Waals surface area contributed by atoms with Gasteiger partial charge in [0.15, 0.2) is 0 Å². The van der Waals surface area contributed by atoms with Crippen molar-refractivity contribution >= 4 is 17.5 Å². The van der Waals surface area contributed by atoms with Crippen molar-refractivity contribution in [3.63, 3.8) is 0 Å². The number of hydrogen-bond donors (Lipinski definition) is 3. The predicted molar refractivity (Wildman–Crippen MR) is 85.7 cm³/mol. The normalized spacial score (nSPS) is 17.4. The first-order valence-corrected chi connectivity index (χ1v) is 7.87. The van der Waals surface area contributed by atoms with Crippen LogP contribution in [0.4, 0.5) is 5.69 Å². The average molecular weight is 304 g/mol. The van der Waals surface area contributed by atoms with Gasteiger partial charge in [-0.25, -0.2) is 0 Å². The van der Waals surface area contributed by atoms with Crippen LogP contribution in [0.3, 0.4) is 0 Å². The van der Waals surface area contributed by atoms with E-state index in [1.807, 2.05) is 0 Å². The van der Waals surface area contributed by atoms with Gasteiger partial charge in [0.05, 0.1) is 5.60 Å². The van der Waals surface area contributed by atoms with Crippen molar-refractivity contribution in [3.8, 4) is 0 Å². The standard InChI is InChI=1S/C17H24N2O3/c1-13(20)19-15-8-6-14(7-9-15)16(21)18-12-17(22)10-4-2-3-5-11-17/h6-9,22H,2-5,10-12H2,1H3,(H,18,21)(H,19,20). The Morgan fingerprint density at radius 3 is 2.23 bits per heavy atom. The van der Waals surface area contributed by atoms with Crippen molar-refractivity contribution in [2.24, 2.45) is 0 Å². The molecule has 0 saturated heterocycles. The third-order valence-corrected chi connectivity index (χ3v) is 4.08. The monoisotopic (exact) mass is 304 g/mol. The quantitative estimate of drug-likeness (QED) is 0.748. The molecule has 5 nitrogen and oxygen atoms in total. The zero-order valence-corrected chi connectivity index (χ0v) is 13.0. The summed E-state index contributed by atoms with van der Waals surface area (Å²) in [4.78, 5) is 23.1. The molecule has 0 unspecified atom stereocenters. The van der Waals surface area contributed by atoms with Crippen LogP contribution in [0.5, 0.6) is 0 Å². The Balaban J connectivity index is 1.90. The van der Waals surface area contributed by atoms with E-state index in [0.717, 1.165) is 38.5 Å². The fraction of sp³-hybridized carbons (Fsp3) is 0.529. The van der Waals surface area contributed by atoms with Crippen LogP contribution in [0.1, 0.15) is 55.8 Å². The highest BCUT2D eigenvalue weighted by Crippen LogP contribution is 2.26. The van der Waals surface area contributed by atoms with Crippen molar-refractivity contribution in [2.75, 3.05) is 11.9 Å². The SMILES string of the molecule is CC(=O)Nc1ccc(C(=O)NCC2(O)CCCCCC2)cc1. The molecule has 0 aromatic heterocycles. The lowest BCUT2D eigenvalue weighted by molar-refractivity contribution is -0.114. The first-order chi connectivity index (χ1) is 10.5. The molecule has 1 aromatic rings. The van der Waals surface area contributed by atoms with Gasteiger partial charge in [0.25, 0.3) is 5.91 Å². The molecular formula is C17H24N2O3. The van der Waals surface area contributed by atoms with Crippen LogP contribution in [0.15, 0.2) is 24.3 Å². The van der Waals surface area contributed by atoms with Gasteiger partial charge in [-0.2, -0.15) is 0 Å². The number of anilines is 1. The van der Waals surface area contributed by atoms with Gasteiger partial charge in [-0.1, -0.05) is 25.7 Å². The molecule has 0 radical (unpaired) electrons. The van der Waals surface area contributed by atoms with Crippen molar-refractivity contribution in [3.05, 3.63) is 29.8 Å². The molecular weight excluding hydrogens is 280 g/mol. The summed E-state index contributed by atoms with van der Waals surface area (Å²) in [5, 5.41) is 16.0. The van der Waals surface area contributed by atoms with Crippen molar-refractivity contribution in [2.45, 2.75) is 51.0 Å². The Bertz CT molecular complexity index is 517. The molecule has 2 amide bonds. The maximum atomic E-state index is 12.1. The van der Waals surface area contributed by atoms with E-state index in [-0.39, 0.29) is 11.8 Å². The maximum Gasteiger partial charge on any atom is 0.251 e. The summed E-state index contributed by atoms with van der Waals surface area (Å²) in [6.07, 6.45) is 5.82. The molecule has 5 heteroatoms. The summed E-state index contributed by atoms with van der Waals surface area (Å²) in [7, 11) is 0. The Hall–Kier alpha value is -1.88. The van der Waals surface area contributed by atoms with E-state index in [9.17, 15) is 14.7 Å². The number of amides is 2. The second kappa shape index (κ2) is 7.40. The van der Waals surface area contributed by atoms with Crippen LogP contribution >= 0.6 is 0 Å². The lowest BCUT2D eigenvalue weighted by Gasteiger charge is -2.26. The van der Waals surface area contributed by atoms with Gasteiger partial charge in [-0.3, -0.25) is 9.59 Å². The van der Waals surface area contributed by atoms with Crippen molar-refractivity contribution in [1.29, 1.82) is 0 Å². The molecule has 1 saturated carbocycles. The summed E-state index contributed by atoms with van der Waals surface area (Å²) >= 11 is 0. The van der Waals surface area contributed by atoms with Gasteiger partial charge in [-0.05, 0) is 37.1 Å². The zero-order valence-electron chi connectivity index (χ0n) is 13.0. The molecule has 3 N–H and O–H groups in total. The van der Waals surface area contributed by atoms with Crippen LogP contribution in [-0.4, -0.2) is 29.1 Å². The maximum absolute atomic E-state index is 12.1. The van der Waals surface area contributed by atoms with Crippen LogP contribution in [0.25, 0.3) is 0 Å². The van der Waals surface area contributed by atoms with Gasteiger partial charge in [-0.15, -0.1) is 0 Å². The molecule has 22 heavy (non-hydrogen) atoms. The molecule has 0 atom stereocenters. The molecule has 1 aliphatic rings. The fourth-order valence-electron chi connectivity index (χ4n) is 2.82. The van der Waals surface area contributed by atoms with E-state index in [1.165, 1.54) is 6.92 Å². The third-order valence-electron chi connectivity index (χ3n) is 4.08. The Kier molecular flexibility index (Phi) is 5.55. The lowest BCUT2D eigenvalue weighted by Crippen LogP contribution is -2.42. The molecule has 1 aromatic carbocycles. The minimum atomic E-state index is -0.776. The van der Waals surface area contributed by atoms with Crippen LogP contribution in [-0.2, 0) is 4.79 Å². The molecule has 2 rings (SSSR count). The zero-order chi connectivity index (χ0) is 16.0. The number of aliphatic hydroxyl groups is 1. The highest BCUT2D eigenvalue weighted by molar-refractivity contribution is 5.95. The van der Waals surface area contributed by atoms with Gasteiger partial charge in [0.2, 0.25) is 5.91 Å². The van der Waals surface area contributed by atoms with E-state index in [0.29, 0.717) is 17.8 Å². The second-order valence-corrected chi connectivity index (χ2v) is 6.08. The summed E-state index contributed by atoms with van der Waals surface area (Å²) in [6.45, 7) is 1.73. The third kappa shape index (κ3) is 4.84. The summed E-state index contributed by atoms with van der Waals surface area (Å²) in [5.74, 6) is -0.347. The number of benzene rings is 1. The predicted octanol–water partition coefficient (Wildman–Crippen LogP) is 2.46. The number of rotatable bonds is 4. The van der Waals surface area contributed by atoms with Crippen LogP contribution in [0.2, 0.25) is 0 Å². The average Bonchev–Trinajstić information content (AvgIpc) is 2.70. The van der Waals surface area contributed by atoms with Crippen molar-refractivity contribution < 1.29 is 14.7 Å². The molecule has 1 aliphatic carbocycles. The minimum Gasteiger partial charge on any atom is -0.388 e. The molecule has 120 valence electrons. The van der Waals surface area contributed by atoms with E-state index in [1.54, 1.807) is 24.3 Å². The molecule has 0 spiro atoms. The first-order valence-electron chi connectivity index (χ1n) is 7.87. The largest absolute Gasteiger partial charge is 0.388 e. The van der Waals surface area contributed by atoms with E-state index in [2.05, 4.69) is 10.6 Å². The van der Waals surface area contributed by atoms with Crippen molar-refractivity contribution in [1.82, 2.24) is 5.32 Å². The number of hydrogen-bond acceptors (Lipinski definition) is 3. The smallest absolute Gasteiger partial charge is 0.251 e. The minimum absolute atomic E-state index is 0.146. The Morgan fingerprint density at radius 1 is 1.09 bits per heavy atom. The summed E-state index contributed by atoms with van der Waals surface area (Å²) < 4.78 is 0. The van der Waals surface area contributed by atoms with Gasteiger partial charge >= 0.3 is 0 Å². The molecule has 1 fully saturated rings. The lowest BCUT2D eigenvalue weighted by atomic mass is 9.94. The second-order valence-electron chi connectivity index (χ2n) is 6.08.